The quantitative estimate of drug-likeness (QED) is 0.656. The molecule has 6 nitrogen and oxygen atoms in total. The lowest BCUT2D eigenvalue weighted by Gasteiger charge is -2.18. The van der Waals surface area contributed by atoms with Crippen molar-refractivity contribution < 1.29 is 9.90 Å². The molecule has 4 N–H and O–H groups in total. The molecule has 22 heavy (non-hydrogen) atoms. The molecule has 0 aliphatic rings. The summed E-state index contributed by atoms with van der Waals surface area (Å²) >= 11 is 0. The molecular formula is C16H22N4O2. The van der Waals surface area contributed by atoms with E-state index in [0.29, 0.717) is 5.56 Å². The second-order valence-corrected chi connectivity index (χ2v) is 5.27. The van der Waals surface area contributed by atoms with E-state index in [1.165, 1.54) is 0 Å². The van der Waals surface area contributed by atoms with Gasteiger partial charge < -0.3 is 15.7 Å². The summed E-state index contributed by atoms with van der Waals surface area (Å²) in [7, 11) is 0. The van der Waals surface area contributed by atoms with Crippen LogP contribution in [-0.4, -0.2) is 34.4 Å². The third kappa shape index (κ3) is 3.46. The van der Waals surface area contributed by atoms with E-state index in [4.69, 9.17) is 5.11 Å². The number of aromatic nitrogens is 2. The molecule has 0 aliphatic carbocycles. The van der Waals surface area contributed by atoms with Gasteiger partial charge in [0.15, 0.2) is 0 Å². The first-order valence-electron chi connectivity index (χ1n) is 7.29. The molecule has 1 atom stereocenters. The fourth-order valence-corrected chi connectivity index (χ4v) is 2.41. The van der Waals surface area contributed by atoms with Crippen molar-refractivity contribution in [2.24, 2.45) is 0 Å². The number of aryl methyl sites for hydroxylation is 1. The van der Waals surface area contributed by atoms with Crippen molar-refractivity contribution in [2.75, 3.05) is 18.5 Å². The summed E-state index contributed by atoms with van der Waals surface area (Å²) < 4.78 is 0. The van der Waals surface area contributed by atoms with Crippen molar-refractivity contribution in [3.63, 3.8) is 0 Å². The van der Waals surface area contributed by atoms with Crippen molar-refractivity contribution in [1.82, 2.24) is 15.5 Å². The highest BCUT2D eigenvalue weighted by molar-refractivity contribution is 5.97. The Morgan fingerprint density at radius 1 is 1.41 bits per heavy atom. The zero-order chi connectivity index (χ0) is 16.1. The molecule has 0 spiro atoms. The lowest BCUT2D eigenvalue weighted by Crippen LogP contribution is -2.27. The number of H-pyrrole nitrogens is 1. The average molecular weight is 302 g/mol. The lowest BCUT2D eigenvalue weighted by molar-refractivity contribution is 0.0944. The maximum absolute atomic E-state index is 12.1. The van der Waals surface area contributed by atoms with Gasteiger partial charge in [0.05, 0.1) is 18.8 Å². The van der Waals surface area contributed by atoms with Crippen LogP contribution in [0.1, 0.15) is 40.1 Å². The fraction of sp³-hybridized carbons (Fsp3) is 0.375. The predicted octanol–water partition coefficient (Wildman–Crippen LogP) is 1.92. The summed E-state index contributed by atoms with van der Waals surface area (Å²) in [6.07, 6.45) is 1.81. The van der Waals surface area contributed by atoms with E-state index in [-0.39, 0.29) is 25.1 Å². The van der Waals surface area contributed by atoms with Gasteiger partial charge in [0.1, 0.15) is 0 Å². The van der Waals surface area contributed by atoms with Gasteiger partial charge in [-0.15, -0.1) is 0 Å². The van der Waals surface area contributed by atoms with Gasteiger partial charge in [-0.05, 0) is 38.5 Å². The van der Waals surface area contributed by atoms with Gasteiger partial charge in [-0.3, -0.25) is 9.89 Å². The van der Waals surface area contributed by atoms with E-state index in [9.17, 15) is 4.79 Å². The van der Waals surface area contributed by atoms with E-state index in [0.717, 1.165) is 22.5 Å². The zero-order valence-corrected chi connectivity index (χ0v) is 13.1. The predicted molar refractivity (Wildman–Crippen MR) is 86.0 cm³/mol. The second-order valence-electron chi connectivity index (χ2n) is 5.27. The summed E-state index contributed by atoms with van der Waals surface area (Å²) in [5.41, 5.74) is 4.51. The van der Waals surface area contributed by atoms with Crippen LogP contribution in [0.5, 0.6) is 0 Å². The monoisotopic (exact) mass is 302 g/mol. The van der Waals surface area contributed by atoms with Gasteiger partial charge in [0, 0.05) is 29.1 Å². The van der Waals surface area contributed by atoms with Crippen molar-refractivity contribution >= 4 is 11.6 Å². The minimum atomic E-state index is -0.178. The van der Waals surface area contributed by atoms with Crippen LogP contribution in [-0.2, 0) is 0 Å². The smallest absolute Gasteiger partial charge is 0.251 e. The number of aromatic amines is 1. The minimum Gasteiger partial charge on any atom is -0.395 e. The average Bonchev–Trinajstić information content (AvgIpc) is 2.93. The van der Waals surface area contributed by atoms with E-state index in [1.54, 1.807) is 12.3 Å². The molecule has 0 saturated carbocycles. The molecule has 0 fully saturated rings. The Morgan fingerprint density at radius 2 is 2.18 bits per heavy atom. The Hall–Kier alpha value is -2.34. The topological polar surface area (TPSA) is 90.0 Å². The Morgan fingerprint density at radius 3 is 2.82 bits per heavy atom. The molecule has 1 aromatic carbocycles. The summed E-state index contributed by atoms with van der Waals surface area (Å²) in [6.45, 7) is 6.12. The molecule has 1 amide bonds. The molecule has 6 heteroatoms. The number of nitrogens with zero attached hydrogens (tertiary/aromatic N) is 1. The fourth-order valence-electron chi connectivity index (χ4n) is 2.41. The molecule has 2 aromatic rings. The Bertz CT molecular complexity index is 651. The van der Waals surface area contributed by atoms with Gasteiger partial charge in [-0.25, -0.2) is 0 Å². The van der Waals surface area contributed by atoms with Crippen LogP contribution in [0, 0.1) is 13.8 Å². The number of hydrogen-bond donors (Lipinski definition) is 4. The van der Waals surface area contributed by atoms with Gasteiger partial charge in [-0.2, -0.15) is 5.10 Å². The second kappa shape index (κ2) is 7.09. The van der Waals surface area contributed by atoms with Gasteiger partial charge in [0.25, 0.3) is 5.91 Å². The molecule has 1 aromatic heterocycles. The molecule has 118 valence electrons. The van der Waals surface area contributed by atoms with Crippen LogP contribution in [0.3, 0.4) is 0 Å². The molecule has 1 heterocycles. The number of amides is 1. The van der Waals surface area contributed by atoms with Crippen molar-refractivity contribution in [3.8, 4) is 0 Å². The Balaban J connectivity index is 2.18. The SMILES string of the molecule is Cc1[nH]ncc1C(C)Nc1cccc(C(=O)NCCO)c1C. The van der Waals surface area contributed by atoms with Crippen LogP contribution in [0.25, 0.3) is 0 Å². The summed E-state index contributed by atoms with van der Waals surface area (Å²) in [6, 6.07) is 5.65. The van der Waals surface area contributed by atoms with E-state index in [2.05, 4.69) is 27.8 Å². The number of nitrogens with one attached hydrogen (secondary N) is 3. The Labute approximate surface area is 129 Å². The number of aliphatic hydroxyl groups is 1. The van der Waals surface area contributed by atoms with Crippen LogP contribution in [0.2, 0.25) is 0 Å². The molecule has 0 aliphatic heterocycles. The normalized spacial score (nSPS) is 12.0. The largest absolute Gasteiger partial charge is 0.395 e. The number of hydrogen-bond acceptors (Lipinski definition) is 4. The van der Waals surface area contributed by atoms with Gasteiger partial charge >= 0.3 is 0 Å². The molecule has 0 saturated heterocycles. The first-order valence-corrected chi connectivity index (χ1v) is 7.29. The highest BCUT2D eigenvalue weighted by Gasteiger charge is 2.14. The maximum atomic E-state index is 12.1. The summed E-state index contributed by atoms with van der Waals surface area (Å²) in [5, 5.41) is 21.8. The number of rotatable bonds is 6. The number of carbonyl (C=O) groups excluding carboxylic acids is 1. The number of benzene rings is 1. The van der Waals surface area contributed by atoms with E-state index < -0.39 is 0 Å². The van der Waals surface area contributed by atoms with Gasteiger partial charge in [0.2, 0.25) is 0 Å². The summed E-state index contributed by atoms with van der Waals surface area (Å²) in [5.74, 6) is -0.178. The van der Waals surface area contributed by atoms with Crippen LogP contribution in [0.15, 0.2) is 24.4 Å². The Kier molecular flexibility index (Phi) is 5.16. The van der Waals surface area contributed by atoms with Crippen LogP contribution < -0.4 is 10.6 Å². The zero-order valence-electron chi connectivity index (χ0n) is 13.1. The van der Waals surface area contributed by atoms with Crippen molar-refractivity contribution in [3.05, 3.63) is 46.8 Å². The third-order valence-electron chi connectivity index (χ3n) is 3.68. The molecular weight excluding hydrogens is 280 g/mol. The van der Waals surface area contributed by atoms with Crippen molar-refractivity contribution in [1.29, 1.82) is 0 Å². The van der Waals surface area contributed by atoms with Crippen LogP contribution >= 0.6 is 0 Å². The molecule has 2 rings (SSSR count). The standard InChI is InChI=1S/C16H22N4O2/c1-10-13(16(22)17-7-8-21)5-4-6-15(10)19-11(2)14-9-18-20-12(14)3/h4-6,9,11,19,21H,7-8H2,1-3H3,(H,17,22)(H,18,20). The number of carbonyl (C=O) groups is 1. The maximum Gasteiger partial charge on any atom is 0.251 e. The van der Waals surface area contributed by atoms with Crippen LogP contribution in [0.4, 0.5) is 5.69 Å². The van der Waals surface area contributed by atoms with Crippen molar-refractivity contribution in [2.45, 2.75) is 26.8 Å². The first kappa shape index (κ1) is 16.0. The van der Waals surface area contributed by atoms with E-state index in [1.807, 2.05) is 26.0 Å². The lowest BCUT2D eigenvalue weighted by atomic mass is 10.0. The van der Waals surface area contributed by atoms with E-state index >= 15 is 0 Å². The summed E-state index contributed by atoms with van der Waals surface area (Å²) in [4.78, 5) is 12.1. The third-order valence-corrected chi connectivity index (χ3v) is 3.68. The number of anilines is 1. The molecule has 1 unspecified atom stereocenters. The molecule has 0 radical (unpaired) electrons. The number of aliphatic hydroxyl groups excluding tert-OH is 1. The highest BCUT2D eigenvalue weighted by atomic mass is 16.3. The first-order chi connectivity index (χ1) is 10.5. The highest BCUT2D eigenvalue weighted by Crippen LogP contribution is 2.25. The van der Waals surface area contributed by atoms with Gasteiger partial charge in [-0.1, -0.05) is 6.07 Å². The minimum absolute atomic E-state index is 0.0699. The molecule has 0 bridgehead atoms.